The molecule has 0 bridgehead atoms. The molecular weight excluding hydrogens is 285 g/mol. The van der Waals surface area contributed by atoms with Crippen LogP contribution < -0.4 is 15.8 Å². The lowest BCUT2D eigenvalue weighted by atomic mass is 10.2. The van der Waals surface area contributed by atoms with Crippen molar-refractivity contribution in [3.05, 3.63) is 48.2 Å². The van der Waals surface area contributed by atoms with Gasteiger partial charge in [-0.25, -0.2) is 8.91 Å². The van der Waals surface area contributed by atoms with Crippen molar-refractivity contribution in [1.82, 2.24) is 19.9 Å². The van der Waals surface area contributed by atoms with E-state index in [9.17, 15) is 4.39 Å². The maximum absolute atomic E-state index is 13.9. The molecule has 6 nitrogen and oxygen atoms in total. The van der Waals surface area contributed by atoms with Gasteiger partial charge in [-0.2, -0.15) is 10.1 Å². The molecule has 0 aliphatic carbocycles. The van der Waals surface area contributed by atoms with Crippen molar-refractivity contribution in [1.29, 1.82) is 0 Å². The number of hydrogen-bond donors (Lipinski definition) is 2. The summed E-state index contributed by atoms with van der Waals surface area (Å²) in [5.41, 5.74) is 7.57. The Morgan fingerprint density at radius 1 is 1.36 bits per heavy atom. The van der Waals surface area contributed by atoms with Gasteiger partial charge in [0.1, 0.15) is 11.8 Å². The van der Waals surface area contributed by atoms with Gasteiger partial charge in [0.25, 0.3) is 0 Å². The molecule has 0 unspecified atom stereocenters. The number of ether oxygens (including phenoxy) is 1. The van der Waals surface area contributed by atoms with Crippen molar-refractivity contribution in [2.75, 3.05) is 12.3 Å². The highest BCUT2D eigenvalue weighted by Gasteiger charge is 2.13. The predicted octanol–water partition coefficient (Wildman–Crippen LogP) is 2.35. The first-order valence-electron chi connectivity index (χ1n) is 6.94. The van der Waals surface area contributed by atoms with Crippen LogP contribution in [0.2, 0.25) is 0 Å². The van der Waals surface area contributed by atoms with Crippen LogP contribution >= 0.6 is 0 Å². The topological polar surface area (TPSA) is 77.5 Å². The van der Waals surface area contributed by atoms with Gasteiger partial charge in [-0.05, 0) is 30.3 Å². The summed E-state index contributed by atoms with van der Waals surface area (Å²) in [6, 6.07) is 6.20. The number of nitrogens with one attached hydrogen (secondary N) is 1. The lowest BCUT2D eigenvalue weighted by Crippen LogP contribution is -2.12. The van der Waals surface area contributed by atoms with Gasteiger partial charge in [0.15, 0.2) is 11.6 Å². The highest BCUT2D eigenvalue weighted by molar-refractivity contribution is 5.63. The number of benzene rings is 1. The van der Waals surface area contributed by atoms with E-state index in [0.29, 0.717) is 23.6 Å². The van der Waals surface area contributed by atoms with E-state index in [1.807, 2.05) is 19.2 Å². The van der Waals surface area contributed by atoms with Crippen LogP contribution in [0.4, 0.5) is 10.1 Å². The summed E-state index contributed by atoms with van der Waals surface area (Å²) in [5, 5.41) is 7.37. The zero-order chi connectivity index (χ0) is 15.5. The zero-order valence-corrected chi connectivity index (χ0v) is 12.1. The fourth-order valence-electron chi connectivity index (χ4n) is 2.17. The number of nitrogens with zero attached hydrogens (tertiary/aromatic N) is 3. The quantitative estimate of drug-likeness (QED) is 0.707. The van der Waals surface area contributed by atoms with Crippen molar-refractivity contribution in [2.24, 2.45) is 0 Å². The summed E-state index contributed by atoms with van der Waals surface area (Å²) < 4.78 is 21.2. The van der Waals surface area contributed by atoms with Crippen molar-refractivity contribution >= 4 is 11.2 Å². The third-order valence-corrected chi connectivity index (χ3v) is 3.23. The summed E-state index contributed by atoms with van der Waals surface area (Å²) in [4.78, 5) is 4.13. The molecule has 0 aliphatic heterocycles. The average molecular weight is 301 g/mol. The molecule has 3 N–H and O–H groups in total. The Balaban J connectivity index is 2.00. The SMILES string of the molecule is CCNCc1ccn2ncnc(Oc3ccc(N)cc3F)c12. The van der Waals surface area contributed by atoms with Crippen LogP contribution in [0.5, 0.6) is 11.6 Å². The Kier molecular flexibility index (Phi) is 3.88. The van der Waals surface area contributed by atoms with E-state index < -0.39 is 5.82 Å². The first kappa shape index (κ1) is 14.3. The highest BCUT2D eigenvalue weighted by Crippen LogP contribution is 2.29. The lowest BCUT2D eigenvalue weighted by molar-refractivity contribution is 0.428. The maximum Gasteiger partial charge on any atom is 0.247 e. The molecule has 3 rings (SSSR count). The molecule has 0 amide bonds. The van der Waals surface area contributed by atoms with Crippen LogP contribution in [0.1, 0.15) is 12.5 Å². The van der Waals surface area contributed by atoms with Crippen LogP contribution in [0.25, 0.3) is 5.52 Å². The number of halogens is 1. The molecule has 22 heavy (non-hydrogen) atoms. The van der Waals surface area contributed by atoms with Crippen molar-refractivity contribution in [3.8, 4) is 11.6 Å². The van der Waals surface area contributed by atoms with Crippen molar-refractivity contribution in [2.45, 2.75) is 13.5 Å². The summed E-state index contributed by atoms with van der Waals surface area (Å²) >= 11 is 0. The molecule has 3 aromatic rings. The molecule has 114 valence electrons. The number of aromatic nitrogens is 3. The van der Waals surface area contributed by atoms with Crippen molar-refractivity contribution in [3.63, 3.8) is 0 Å². The standard InChI is InChI=1S/C15H16FN5O/c1-2-18-8-10-5-6-21-14(10)15(19-9-20-21)22-13-4-3-11(17)7-12(13)16/h3-7,9,18H,2,8,17H2,1H3. The molecule has 0 saturated heterocycles. The van der Waals surface area contributed by atoms with E-state index in [-0.39, 0.29) is 5.75 Å². The van der Waals surface area contributed by atoms with E-state index >= 15 is 0 Å². The van der Waals surface area contributed by atoms with E-state index in [0.717, 1.165) is 12.1 Å². The summed E-state index contributed by atoms with van der Waals surface area (Å²) in [6.07, 6.45) is 3.18. The van der Waals surface area contributed by atoms with Gasteiger partial charge in [0.2, 0.25) is 5.88 Å². The van der Waals surface area contributed by atoms with Crippen LogP contribution in [-0.2, 0) is 6.54 Å². The highest BCUT2D eigenvalue weighted by atomic mass is 19.1. The number of nitrogens with two attached hydrogens (primary N) is 1. The summed E-state index contributed by atoms with van der Waals surface area (Å²) in [5.74, 6) is -0.154. The predicted molar refractivity (Wildman–Crippen MR) is 81.3 cm³/mol. The number of nitrogen functional groups attached to an aromatic ring is 1. The smallest absolute Gasteiger partial charge is 0.247 e. The minimum atomic E-state index is -0.531. The maximum atomic E-state index is 13.9. The summed E-state index contributed by atoms with van der Waals surface area (Å²) in [7, 11) is 0. The molecule has 1 aromatic carbocycles. The second-order valence-corrected chi connectivity index (χ2v) is 4.77. The van der Waals surface area contributed by atoms with Gasteiger partial charge in [-0.15, -0.1) is 0 Å². The van der Waals surface area contributed by atoms with Gasteiger partial charge in [-0.3, -0.25) is 0 Å². The Hall–Kier alpha value is -2.67. The first-order chi connectivity index (χ1) is 10.7. The molecular formula is C15H16FN5O. The Morgan fingerprint density at radius 3 is 3.00 bits per heavy atom. The fourth-order valence-corrected chi connectivity index (χ4v) is 2.17. The van der Waals surface area contributed by atoms with Crippen molar-refractivity contribution < 1.29 is 9.13 Å². The number of anilines is 1. The number of fused-ring (bicyclic) bond motifs is 1. The third kappa shape index (κ3) is 2.71. The molecule has 0 radical (unpaired) electrons. The molecule has 2 aromatic heterocycles. The molecule has 0 fully saturated rings. The number of hydrogen-bond acceptors (Lipinski definition) is 5. The number of rotatable bonds is 5. The summed E-state index contributed by atoms with van der Waals surface area (Å²) in [6.45, 7) is 3.52. The first-order valence-corrected chi connectivity index (χ1v) is 6.94. The molecule has 0 saturated carbocycles. The monoisotopic (exact) mass is 301 g/mol. The molecule has 2 heterocycles. The normalized spacial score (nSPS) is 11.0. The average Bonchev–Trinajstić information content (AvgIpc) is 2.92. The Morgan fingerprint density at radius 2 is 2.23 bits per heavy atom. The van der Waals surface area contributed by atoms with E-state index in [4.69, 9.17) is 10.5 Å². The third-order valence-electron chi connectivity index (χ3n) is 3.23. The van der Waals surface area contributed by atoms with Gasteiger partial charge < -0.3 is 15.8 Å². The lowest BCUT2D eigenvalue weighted by Gasteiger charge is -2.09. The molecule has 0 atom stereocenters. The molecule has 0 aliphatic rings. The van der Waals surface area contributed by atoms with Gasteiger partial charge in [-0.1, -0.05) is 6.92 Å². The van der Waals surface area contributed by atoms with Crippen LogP contribution in [0.3, 0.4) is 0 Å². The van der Waals surface area contributed by atoms with E-state index in [1.54, 1.807) is 10.6 Å². The van der Waals surface area contributed by atoms with Crippen LogP contribution in [0.15, 0.2) is 36.8 Å². The van der Waals surface area contributed by atoms with Gasteiger partial charge in [0, 0.05) is 24.5 Å². The van der Waals surface area contributed by atoms with Gasteiger partial charge >= 0.3 is 0 Å². The molecule has 0 spiro atoms. The minimum Gasteiger partial charge on any atom is -0.434 e. The second-order valence-electron chi connectivity index (χ2n) is 4.77. The van der Waals surface area contributed by atoms with E-state index in [2.05, 4.69) is 15.4 Å². The second kappa shape index (κ2) is 5.98. The Labute approximate surface area is 126 Å². The van der Waals surface area contributed by atoms with Crippen LogP contribution in [-0.4, -0.2) is 21.1 Å². The zero-order valence-electron chi connectivity index (χ0n) is 12.1. The fraction of sp³-hybridized carbons (Fsp3) is 0.200. The van der Waals surface area contributed by atoms with Crippen LogP contribution in [0, 0.1) is 5.82 Å². The minimum absolute atomic E-state index is 0.0744. The van der Waals surface area contributed by atoms with E-state index in [1.165, 1.54) is 18.5 Å². The molecule has 7 heteroatoms. The van der Waals surface area contributed by atoms with Gasteiger partial charge in [0.05, 0.1) is 0 Å². The largest absolute Gasteiger partial charge is 0.434 e. The Bertz CT molecular complexity index is 802.